The molecule has 4 aliphatic rings. The molecule has 0 bridgehead atoms. The minimum absolute atomic E-state index is 0.0177. The number of rotatable bonds is 8. The van der Waals surface area contributed by atoms with Crippen LogP contribution >= 0.6 is 0 Å². The van der Waals surface area contributed by atoms with Crippen molar-refractivity contribution in [2.24, 2.45) is 23.7 Å². The molecule has 2 aromatic carbocycles. The van der Waals surface area contributed by atoms with E-state index >= 15 is 0 Å². The largest absolute Gasteiger partial charge is 0.493 e. The topological polar surface area (TPSA) is 80.7 Å². The number of ketones is 1. The molecule has 0 aromatic heterocycles. The highest BCUT2D eigenvalue weighted by molar-refractivity contribution is 5.83. The third kappa shape index (κ3) is 7.34. The molecule has 0 spiro atoms. The molecule has 8 heteroatoms. The van der Waals surface area contributed by atoms with Crippen LogP contribution in [0.25, 0.3) is 0 Å². The van der Waals surface area contributed by atoms with Gasteiger partial charge in [0.2, 0.25) is 0 Å². The Labute approximate surface area is 293 Å². The van der Waals surface area contributed by atoms with Crippen molar-refractivity contribution in [1.29, 1.82) is 0 Å². The van der Waals surface area contributed by atoms with Crippen LogP contribution in [0, 0.1) is 23.7 Å². The lowest BCUT2D eigenvalue weighted by Crippen LogP contribution is -2.48. The highest BCUT2D eigenvalue weighted by atomic mass is 16.5. The second kappa shape index (κ2) is 15.0. The van der Waals surface area contributed by atoms with E-state index in [0.717, 1.165) is 54.7 Å². The lowest BCUT2D eigenvalue weighted by Gasteiger charge is -2.46. The predicted molar refractivity (Wildman–Crippen MR) is 181 cm³/mol. The zero-order valence-corrected chi connectivity index (χ0v) is 27.3. The van der Waals surface area contributed by atoms with Gasteiger partial charge in [0, 0.05) is 50.6 Å². The fraction of sp³-hybridized carbons (Fsp3) is 0.658. The molecular weight excluding hydrogens is 580 g/mol. The summed E-state index contributed by atoms with van der Waals surface area (Å²) in [6.45, 7) is 11.5. The number of aliphatic hydroxyl groups excluding tert-OH is 1. The number of benzene rings is 2. The summed E-state index contributed by atoms with van der Waals surface area (Å²) in [4.78, 5) is 17.3. The number of aliphatic hydroxyl groups is 1. The van der Waals surface area contributed by atoms with Crippen LogP contribution < -0.4 is 18.9 Å². The number of piperidine rings is 2. The van der Waals surface area contributed by atoms with Crippen molar-refractivity contribution >= 4 is 5.78 Å². The second-order valence-electron chi connectivity index (χ2n) is 14.1. The van der Waals surface area contributed by atoms with Crippen molar-refractivity contribution < 1.29 is 45.3 Å². The van der Waals surface area contributed by atoms with Gasteiger partial charge in [0.25, 0.3) is 0 Å². The third-order valence-electron chi connectivity index (χ3n) is 10.1. The first-order chi connectivity index (χ1) is 26.6. The van der Waals surface area contributed by atoms with E-state index in [2.05, 4.69) is 37.5 Å². The van der Waals surface area contributed by atoms with Gasteiger partial charge in [-0.25, -0.2) is 0 Å². The zero-order valence-electron chi connectivity index (χ0n) is 39.3. The number of nitrogens with zero attached hydrogens (tertiary/aromatic N) is 2. The van der Waals surface area contributed by atoms with Crippen molar-refractivity contribution in [3.05, 3.63) is 46.5 Å². The number of methoxy groups -OCH3 is 4. The van der Waals surface area contributed by atoms with E-state index in [1.165, 1.54) is 6.07 Å². The third-order valence-corrected chi connectivity index (χ3v) is 10.1. The summed E-state index contributed by atoms with van der Waals surface area (Å²) in [6, 6.07) is 6.02. The van der Waals surface area contributed by atoms with Crippen LogP contribution in [0.3, 0.4) is 0 Å². The molecule has 2 aromatic rings. The average molecular weight is 649 g/mol. The van der Waals surface area contributed by atoms with Crippen molar-refractivity contribution in [1.82, 2.24) is 9.80 Å². The van der Waals surface area contributed by atoms with Gasteiger partial charge in [-0.05, 0) is 96.4 Å². The summed E-state index contributed by atoms with van der Waals surface area (Å²) in [6.07, 6.45) is 3.65. The molecule has 2 fully saturated rings. The van der Waals surface area contributed by atoms with Crippen LogP contribution in [0.5, 0.6) is 23.0 Å². The van der Waals surface area contributed by atoms with Crippen LogP contribution in [-0.4, -0.2) is 81.1 Å². The molecule has 8 nitrogen and oxygen atoms in total. The zero-order chi connectivity index (χ0) is 43.1. The van der Waals surface area contributed by atoms with Crippen LogP contribution in [0.2, 0.25) is 0 Å². The number of Topliss-reactive ketones (excluding diaryl/α,β-unsaturated/α-hetero) is 1. The van der Waals surface area contributed by atoms with Gasteiger partial charge in [0.1, 0.15) is 5.78 Å². The minimum atomic E-state index is -2.75. The summed E-state index contributed by atoms with van der Waals surface area (Å²) < 4.78 is 109. The molecule has 6 rings (SSSR count). The average Bonchev–Trinajstić information content (AvgIpc) is 3.04. The van der Waals surface area contributed by atoms with Gasteiger partial charge in [0.15, 0.2) is 23.0 Å². The first kappa shape index (κ1) is 21.9. The Morgan fingerprint density at radius 3 is 1.78 bits per heavy atom. The van der Waals surface area contributed by atoms with Gasteiger partial charge in [0.05, 0.1) is 50.7 Å². The van der Waals surface area contributed by atoms with E-state index in [1.807, 2.05) is 0 Å². The predicted octanol–water partition coefficient (Wildman–Crippen LogP) is 6.27. The van der Waals surface area contributed by atoms with E-state index in [1.54, 1.807) is 18.2 Å². The molecule has 5 unspecified atom stereocenters. The number of ether oxygens (including phenoxy) is 4. The van der Waals surface area contributed by atoms with Crippen molar-refractivity contribution in [3.63, 3.8) is 0 Å². The second-order valence-corrected chi connectivity index (χ2v) is 14.1. The Bertz CT molecular complexity index is 1760. The Morgan fingerprint density at radius 2 is 1.26 bits per heavy atom. The highest BCUT2D eigenvalue weighted by Gasteiger charge is 2.40. The molecule has 0 radical (unpaired) electrons. The molecule has 1 N–H and O–H groups in total. The maximum absolute atomic E-state index is 12.7. The summed E-state index contributed by atoms with van der Waals surface area (Å²) >= 11 is 0. The molecule has 0 saturated carbocycles. The number of carbonyl (C=O) groups is 1. The normalized spacial score (nSPS) is 30.8. The molecule has 5 atom stereocenters. The maximum atomic E-state index is 12.7. The van der Waals surface area contributed by atoms with Crippen molar-refractivity contribution in [2.75, 3.05) is 54.3 Å². The molecule has 0 aliphatic carbocycles. The quantitative estimate of drug-likeness (QED) is 0.359. The van der Waals surface area contributed by atoms with Gasteiger partial charge >= 0.3 is 0 Å². The van der Waals surface area contributed by atoms with Crippen molar-refractivity contribution in [3.8, 4) is 23.0 Å². The SMILES string of the molecule is [2H]C([2H])([2H])Oc1cc2c(cc1OC([2H])([2H])[2H])C1CC(=O)C(CC(C)C)CN1CC2.[2H]C([2H])([2H])Oc1cc2c(cc1OC([2H])([2H])[2H])C1CC(O)C(CC(C)C)CN1CC2. The Morgan fingerprint density at radius 1 is 0.761 bits per heavy atom. The summed E-state index contributed by atoms with van der Waals surface area (Å²) in [7, 11) is -10.9. The van der Waals surface area contributed by atoms with Gasteiger partial charge in [-0.1, -0.05) is 27.7 Å². The van der Waals surface area contributed by atoms with E-state index in [9.17, 15) is 9.90 Å². The summed E-state index contributed by atoms with van der Waals surface area (Å²) in [5, 5.41) is 10.7. The molecule has 0 amide bonds. The number of hydrogen-bond acceptors (Lipinski definition) is 8. The Hall–Kier alpha value is -2.81. The van der Waals surface area contributed by atoms with Gasteiger partial charge in [-0.15, -0.1) is 0 Å². The van der Waals surface area contributed by atoms with E-state index in [0.29, 0.717) is 44.1 Å². The fourth-order valence-corrected chi connectivity index (χ4v) is 7.99. The van der Waals surface area contributed by atoms with Crippen LogP contribution in [0.4, 0.5) is 0 Å². The Balaban J connectivity index is 0.000000221. The highest BCUT2D eigenvalue weighted by Crippen LogP contribution is 2.44. The first-order valence-electron chi connectivity index (χ1n) is 22.4. The lowest BCUT2D eigenvalue weighted by molar-refractivity contribution is -0.129. The molecule has 2 saturated heterocycles. The van der Waals surface area contributed by atoms with E-state index < -0.39 is 34.3 Å². The standard InChI is InChI=1S/C19H29NO3.C19H27NO3/c2*1-12(2)7-14-11-20-6-5-13-8-18(22-3)19(23-4)9-15(13)16(20)10-17(14)21/h8-9,12,14,16-17,21H,5-7,10-11H2,1-4H3;8-9,12,14,16H,5-7,10-11H2,1-4H3/i2*3D3,4D3. The fourth-order valence-electron chi connectivity index (χ4n) is 7.99. The molecule has 4 heterocycles. The van der Waals surface area contributed by atoms with Crippen LogP contribution in [-0.2, 0) is 17.6 Å². The Kier molecular flexibility index (Phi) is 7.13. The van der Waals surface area contributed by atoms with Crippen LogP contribution in [0.15, 0.2) is 24.3 Å². The van der Waals surface area contributed by atoms with Gasteiger partial charge in [-0.3, -0.25) is 14.6 Å². The molecule has 4 aliphatic heterocycles. The van der Waals surface area contributed by atoms with Gasteiger partial charge < -0.3 is 24.1 Å². The maximum Gasteiger partial charge on any atom is 0.161 e. The molecule has 46 heavy (non-hydrogen) atoms. The number of hydrogen-bond donors (Lipinski definition) is 1. The van der Waals surface area contributed by atoms with E-state index in [4.69, 9.17) is 35.4 Å². The summed E-state index contributed by atoms with van der Waals surface area (Å²) in [5.74, 6) is 0.926. The van der Waals surface area contributed by atoms with Gasteiger partial charge in [-0.2, -0.15) is 0 Å². The molecule has 254 valence electrons. The minimum Gasteiger partial charge on any atom is -0.493 e. The lowest BCUT2D eigenvalue weighted by atomic mass is 9.79. The van der Waals surface area contributed by atoms with Crippen molar-refractivity contribution in [2.45, 2.75) is 84.4 Å². The smallest absolute Gasteiger partial charge is 0.161 e. The molecular formula is C38H56N2O6. The first-order valence-corrected chi connectivity index (χ1v) is 16.4. The monoisotopic (exact) mass is 648 g/mol. The number of carbonyl (C=O) groups excluding carboxylic acids is 1. The van der Waals surface area contributed by atoms with E-state index in [-0.39, 0.29) is 52.7 Å². The summed E-state index contributed by atoms with van der Waals surface area (Å²) in [5.41, 5.74) is 3.44. The van der Waals surface area contributed by atoms with Crippen LogP contribution in [0.1, 0.15) is 104 Å². The number of fused-ring (bicyclic) bond motifs is 6.